The molecule has 0 spiro atoms. The Bertz CT molecular complexity index is 233. The largest absolute Gasteiger partial charge is 0.378 e. The van der Waals surface area contributed by atoms with Crippen LogP contribution in [0, 0.1) is 17.8 Å². The van der Waals surface area contributed by atoms with Crippen molar-refractivity contribution in [2.45, 2.75) is 70.9 Å². The molecule has 4 atom stereocenters. The minimum atomic E-state index is 0.540. The van der Waals surface area contributed by atoms with Gasteiger partial charge < -0.3 is 10.1 Å². The number of rotatable bonds is 5. The summed E-state index contributed by atoms with van der Waals surface area (Å²) in [7, 11) is 2.11. The van der Waals surface area contributed by atoms with Crippen LogP contribution >= 0.6 is 0 Å². The standard InChI is InChI=1S/C16H31NO/c1-12-9-13(2)11-15(10-12)18-8-7-14-5-4-6-16(14)17-3/h12-17H,4-11H2,1-3H3. The fraction of sp³-hybridized carbons (Fsp3) is 1.00. The third-order valence-corrected chi connectivity index (χ3v) is 5.01. The third kappa shape index (κ3) is 3.96. The van der Waals surface area contributed by atoms with Gasteiger partial charge in [0.05, 0.1) is 6.10 Å². The van der Waals surface area contributed by atoms with Gasteiger partial charge >= 0.3 is 0 Å². The van der Waals surface area contributed by atoms with Gasteiger partial charge in [0.1, 0.15) is 0 Å². The minimum absolute atomic E-state index is 0.540. The molecule has 18 heavy (non-hydrogen) atoms. The van der Waals surface area contributed by atoms with E-state index in [4.69, 9.17) is 4.74 Å². The summed E-state index contributed by atoms with van der Waals surface area (Å²) in [5.41, 5.74) is 0. The molecule has 1 N–H and O–H groups in total. The molecule has 106 valence electrons. The first kappa shape index (κ1) is 14.3. The minimum Gasteiger partial charge on any atom is -0.378 e. The van der Waals surface area contributed by atoms with Gasteiger partial charge in [-0.3, -0.25) is 0 Å². The Morgan fingerprint density at radius 2 is 1.78 bits per heavy atom. The highest BCUT2D eigenvalue weighted by Crippen LogP contribution is 2.32. The molecule has 0 heterocycles. The van der Waals surface area contributed by atoms with Gasteiger partial charge in [-0.25, -0.2) is 0 Å². The van der Waals surface area contributed by atoms with Crippen molar-refractivity contribution < 1.29 is 4.74 Å². The summed E-state index contributed by atoms with van der Waals surface area (Å²) in [6.07, 6.45) is 9.90. The molecular weight excluding hydrogens is 222 g/mol. The van der Waals surface area contributed by atoms with Crippen LogP contribution < -0.4 is 5.32 Å². The monoisotopic (exact) mass is 253 g/mol. The normalized spacial score (nSPS) is 41.2. The van der Waals surface area contributed by atoms with E-state index in [9.17, 15) is 0 Å². The summed E-state index contributed by atoms with van der Waals surface area (Å²) >= 11 is 0. The van der Waals surface area contributed by atoms with Gasteiger partial charge in [0.2, 0.25) is 0 Å². The van der Waals surface area contributed by atoms with Crippen molar-refractivity contribution in [2.24, 2.45) is 17.8 Å². The third-order valence-electron chi connectivity index (χ3n) is 5.01. The predicted molar refractivity (Wildman–Crippen MR) is 76.7 cm³/mol. The van der Waals surface area contributed by atoms with E-state index in [2.05, 4.69) is 26.2 Å². The molecular formula is C16H31NO. The molecule has 0 aromatic carbocycles. The van der Waals surface area contributed by atoms with E-state index < -0.39 is 0 Å². The van der Waals surface area contributed by atoms with Crippen molar-refractivity contribution in [2.75, 3.05) is 13.7 Å². The van der Waals surface area contributed by atoms with Crippen LogP contribution in [0.1, 0.15) is 58.8 Å². The summed E-state index contributed by atoms with van der Waals surface area (Å²) in [5, 5.41) is 3.46. The summed E-state index contributed by atoms with van der Waals surface area (Å²) in [6, 6.07) is 0.748. The fourth-order valence-electron chi connectivity index (χ4n) is 4.16. The fourth-order valence-corrected chi connectivity index (χ4v) is 4.16. The van der Waals surface area contributed by atoms with E-state index in [0.717, 1.165) is 30.4 Å². The molecule has 0 aromatic heterocycles. The van der Waals surface area contributed by atoms with Crippen LogP contribution in [0.3, 0.4) is 0 Å². The molecule has 4 unspecified atom stereocenters. The van der Waals surface area contributed by atoms with Crippen molar-refractivity contribution in [3.05, 3.63) is 0 Å². The predicted octanol–water partition coefficient (Wildman–Crippen LogP) is 3.61. The van der Waals surface area contributed by atoms with Crippen molar-refractivity contribution in [3.8, 4) is 0 Å². The molecule has 0 saturated heterocycles. The second-order valence-electron chi connectivity index (χ2n) is 6.79. The first-order valence-corrected chi connectivity index (χ1v) is 7.98. The molecule has 0 aromatic rings. The van der Waals surface area contributed by atoms with Crippen molar-refractivity contribution in [1.29, 1.82) is 0 Å². The van der Waals surface area contributed by atoms with Crippen LogP contribution in [0.2, 0.25) is 0 Å². The van der Waals surface area contributed by atoms with Crippen LogP contribution in [-0.4, -0.2) is 25.8 Å². The second-order valence-corrected chi connectivity index (χ2v) is 6.79. The maximum Gasteiger partial charge on any atom is 0.0580 e. The van der Waals surface area contributed by atoms with Crippen LogP contribution in [0.4, 0.5) is 0 Å². The van der Waals surface area contributed by atoms with E-state index in [-0.39, 0.29) is 0 Å². The molecule has 2 nitrogen and oxygen atoms in total. The molecule has 0 amide bonds. The van der Waals surface area contributed by atoms with E-state index in [1.165, 1.54) is 44.9 Å². The number of ether oxygens (including phenoxy) is 1. The van der Waals surface area contributed by atoms with Gasteiger partial charge in [-0.1, -0.05) is 20.3 Å². The maximum atomic E-state index is 6.15. The Labute approximate surface area is 113 Å². The van der Waals surface area contributed by atoms with Gasteiger partial charge in [0, 0.05) is 12.6 Å². The first-order chi connectivity index (χ1) is 8.69. The van der Waals surface area contributed by atoms with Gasteiger partial charge in [0.15, 0.2) is 0 Å². The highest BCUT2D eigenvalue weighted by Gasteiger charge is 2.27. The first-order valence-electron chi connectivity index (χ1n) is 7.98. The number of nitrogens with one attached hydrogen (secondary N) is 1. The average molecular weight is 253 g/mol. The van der Waals surface area contributed by atoms with E-state index in [1.54, 1.807) is 0 Å². The zero-order valence-corrected chi connectivity index (χ0v) is 12.5. The smallest absolute Gasteiger partial charge is 0.0580 e. The molecule has 2 aliphatic rings. The maximum absolute atomic E-state index is 6.15. The van der Waals surface area contributed by atoms with Gasteiger partial charge in [-0.05, 0) is 63.3 Å². The molecule has 0 radical (unpaired) electrons. The zero-order chi connectivity index (χ0) is 13.0. The molecule has 2 heteroatoms. The SMILES string of the molecule is CNC1CCCC1CCOC1CC(C)CC(C)C1. The topological polar surface area (TPSA) is 21.3 Å². The van der Waals surface area contributed by atoms with E-state index in [1.807, 2.05) is 0 Å². The zero-order valence-electron chi connectivity index (χ0n) is 12.5. The highest BCUT2D eigenvalue weighted by molar-refractivity contribution is 4.82. The molecule has 2 rings (SSSR count). The van der Waals surface area contributed by atoms with Gasteiger partial charge in [0.25, 0.3) is 0 Å². The van der Waals surface area contributed by atoms with Crippen LogP contribution in [0.5, 0.6) is 0 Å². The molecule has 0 bridgehead atoms. The number of hydrogen-bond acceptors (Lipinski definition) is 2. The molecule has 2 saturated carbocycles. The molecule has 2 aliphatic carbocycles. The quantitative estimate of drug-likeness (QED) is 0.808. The lowest BCUT2D eigenvalue weighted by Crippen LogP contribution is -2.31. The Hall–Kier alpha value is -0.0800. The molecule has 2 fully saturated rings. The van der Waals surface area contributed by atoms with Gasteiger partial charge in [-0.2, -0.15) is 0 Å². The number of hydrogen-bond donors (Lipinski definition) is 1. The van der Waals surface area contributed by atoms with Crippen molar-refractivity contribution >= 4 is 0 Å². The van der Waals surface area contributed by atoms with E-state index >= 15 is 0 Å². The Morgan fingerprint density at radius 3 is 2.44 bits per heavy atom. The lowest BCUT2D eigenvalue weighted by Gasteiger charge is -2.31. The highest BCUT2D eigenvalue weighted by atomic mass is 16.5. The Balaban J connectivity index is 1.65. The van der Waals surface area contributed by atoms with E-state index in [0.29, 0.717) is 6.10 Å². The summed E-state index contributed by atoms with van der Waals surface area (Å²) in [6.45, 7) is 5.73. The van der Waals surface area contributed by atoms with Crippen molar-refractivity contribution in [3.63, 3.8) is 0 Å². The van der Waals surface area contributed by atoms with Crippen LogP contribution in [-0.2, 0) is 4.74 Å². The van der Waals surface area contributed by atoms with Crippen LogP contribution in [0.15, 0.2) is 0 Å². The Morgan fingerprint density at radius 1 is 1.06 bits per heavy atom. The summed E-state index contributed by atoms with van der Waals surface area (Å²) in [4.78, 5) is 0. The average Bonchev–Trinajstić information content (AvgIpc) is 2.75. The lowest BCUT2D eigenvalue weighted by molar-refractivity contribution is -0.00517. The summed E-state index contributed by atoms with van der Waals surface area (Å²) in [5.74, 6) is 2.57. The van der Waals surface area contributed by atoms with Crippen molar-refractivity contribution in [1.82, 2.24) is 5.32 Å². The lowest BCUT2D eigenvalue weighted by atomic mass is 9.82. The second kappa shape index (κ2) is 6.91. The van der Waals surface area contributed by atoms with Gasteiger partial charge in [-0.15, -0.1) is 0 Å². The molecule has 0 aliphatic heterocycles. The van der Waals surface area contributed by atoms with Crippen LogP contribution in [0.25, 0.3) is 0 Å². The summed E-state index contributed by atoms with van der Waals surface area (Å²) < 4.78 is 6.15. The Kier molecular flexibility index (Phi) is 5.50.